The summed E-state index contributed by atoms with van der Waals surface area (Å²) in [7, 11) is 1.57. The minimum Gasteiger partial charge on any atom is -0.495 e. The Morgan fingerprint density at radius 1 is 1.21 bits per heavy atom. The zero-order valence-corrected chi connectivity index (χ0v) is 14.4. The topological polar surface area (TPSA) is 76.1 Å². The van der Waals surface area contributed by atoms with E-state index < -0.39 is 0 Å². The lowest BCUT2D eigenvalue weighted by molar-refractivity contribution is 0.102. The highest BCUT2D eigenvalue weighted by Crippen LogP contribution is 2.23. The Morgan fingerprint density at radius 2 is 2.00 bits per heavy atom. The van der Waals surface area contributed by atoms with Gasteiger partial charge in [-0.15, -0.1) is 0 Å². The maximum Gasteiger partial charge on any atom is 0.274 e. The van der Waals surface area contributed by atoms with Crippen molar-refractivity contribution in [2.75, 3.05) is 24.3 Å². The molecule has 0 aliphatic carbocycles. The standard InChI is InChI=1S/C18H24N4O2/c1-4-5-8-11-19-17-12-15(20-13(2)21-17)18(23)22-14-9-6-7-10-16(14)24-3/h6-7,9-10,12H,4-5,8,11H2,1-3H3,(H,22,23)(H,19,20,21). The van der Waals surface area contributed by atoms with Crippen LogP contribution in [0.3, 0.4) is 0 Å². The minimum absolute atomic E-state index is 0.290. The molecule has 128 valence electrons. The van der Waals surface area contributed by atoms with E-state index in [0.717, 1.165) is 25.8 Å². The number of unbranched alkanes of at least 4 members (excludes halogenated alkanes) is 2. The Balaban J connectivity index is 2.09. The van der Waals surface area contributed by atoms with E-state index in [1.807, 2.05) is 12.1 Å². The Bertz CT molecular complexity index is 688. The smallest absolute Gasteiger partial charge is 0.274 e. The third-order valence-electron chi connectivity index (χ3n) is 3.51. The van der Waals surface area contributed by atoms with Crippen molar-refractivity contribution in [2.45, 2.75) is 33.1 Å². The molecule has 0 saturated carbocycles. The molecule has 1 heterocycles. The van der Waals surface area contributed by atoms with Gasteiger partial charge in [-0.2, -0.15) is 0 Å². The molecule has 0 atom stereocenters. The van der Waals surface area contributed by atoms with Gasteiger partial charge < -0.3 is 15.4 Å². The average Bonchev–Trinajstić information content (AvgIpc) is 2.58. The first-order valence-corrected chi connectivity index (χ1v) is 8.18. The van der Waals surface area contributed by atoms with Crippen molar-refractivity contribution < 1.29 is 9.53 Å². The van der Waals surface area contributed by atoms with Crippen LogP contribution in [-0.2, 0) is 0 Å². The number of rotatable bonds is 8. The number of methoxy groups -OCH3 is 1. The van der Waals surface area contributed by atoms with Gasteiger partial charge in [-0.05, 0) is 25.5 Å². The van der Waals surface area contributed by atoms with Crippen LogP contribution >= 0.6 is 0 Å². The summed E-state index contributed by atoms with van der Waals surface area (Å²) in [6.45, 7) is 4.77. The van der Waals surface area contributed by atoms with Gasteiger partial charge in [-0.3, -0.25) is 4.79 Å². The van der Waals surface area contributed by atoms with Crippen molar-refractivity contribution in [2.24, 2.45) is 0 Å². The fourth-order valence-electron chi connectivity index (χ4n) is 2.30. The van der Waals surface area contributed by atoms with Crippen molar-refractivity contribution in [3.8, 4) is 5.75 Å². The number of nitrogens with one attached hydrogen (secondary N) is 2. The third-order valence-corrected chi connectivity index (χ3v) is 3.51. The molecule has 0 aliphatic rings. The van der Waals surface area contributed by atoms with Gasteiger partial charge in [0.2, 0.25) is 0 Å². The summed E-state index contributed by atoms with van der Waals surface area (Å²) in [5.74, 6) is 1.54. The molecule has 2 aromatic rings. The van der Waals surface area contributed by atoms with Gasteiger partial charge in [-0.25, -0.2) is 9.97 Å². The molecule has 1 aromatic heterocycles. The van der Waals surface area contributed by atoms with Gasteiger partial charge in [0.05, 0.1) is 12.8 Å². The van der Waals surface area contributed by atoms with Gasteiger partial charge in [0.15, 0.2) is 0 Å². The number of anilines is 2. The Morgan fingerprint density at radius 3 is 2.75 bits per heavy atom. The summed E-state index contributed by atoms with van der Waals surface area (Å²) in [4.78, 5) is 21.0. The number of benzene rings is 1. The van der Waals surface area contributed by atoms with E-state index in [-0.39, 0.29) is 5.91 Å². The monoisotopic (exact) mass is 328 g/mol. The lowest BCUT2D eigenvalue weighted by atomic mass is 10.2. The van der Waals surface area contributed by atoms with E-state index in [2.05, 4.69) is 27.5 Å². The first-order valence-electron chi connectivity index (χ1n) is 8.18. The minimum atomic E-state index is -0.290. The molecule has 6 nitrogen and oxygen atoms in total. The molecule has 0 saturated heterocycles. The molecule has 0 radical (unpaired) electrons. The number of para-hydroxylation sites is 2. The molecule has 2 rings (SSSR count). The summed E-state index contributed by atoms with van der Waals surface area (Å²) in [6, 6.07) is 8.94. The number of aromatic nitrogens is 2. The summed E-state index contributed by atoms with van der Waals surface area (Å²) in [6.07, 6.45) is 3.40. The number of carbonyl (C=O) groups excluding carboxylic acids is 1. The molecule has 1 aromatic carbocycles. The lowest BCUT2D eigenvalue weighted by Gasteiger charge is -2.11. The Hall–Kier alpha value is -2.63. The molecule has 24 heavy (non-hydrogen) atoms. The summed E-state index contributed by atoms with van der Waals surface area (Å²) >= 11 is 0. The van der Waals surface area contributed by atoms with Crippen LogP contribution in [0, 0.1) is 6.92 Å². The van der Waals surface area contributed by atoms with E-state index in [0.29, 0.717) is 28.8 Å². The van der Waals surface area contributed by atoms with Crippen LogP contribution < -0.4 is 15.4 Å². The van der Waals surface area contributed by atoms with Crippen LogP contribution in [-0.4, -0.2) is 29.5 Å². The summed E-state index contributed by atoms with van der Waals surface area (Å²) in [5.41, 5.74) is 0.935. The van der Waals surface area contributed by atoms with Crippen molar-refractivity contribution >= 4 is 17.4 Å². The first kappa shape index (κ1) is 17.7. The molecule has 0 unspecified atom stereocenters. The van der Waals surface area contributed by atoms with Crippen LogP contribution in [0.1, 0.15) is 42.5 Å². The largest absolute Gasteiger partial charge is 0.495 e. The lowest BCUT2D eigenvalue weighted by Crippen LogP contribution is -2.16. The third kappa shape index (κ3) is 4.94. The zero-order valence-electron chi connectivity index (χ0n) is 14.4. The predicted molar refractivity (Wildman–Crippen MR) is 95.7 cm³/mol. The van der Waals surface area contributed by atoms with Crippen molar-refractivity contribution in [1.29, 1.82) is 0 Å². The number of ether oxygens (including phenoxy) is 1. The molecular weight excluding hydrogens is 304 g/mol. The van der Waals surface area contributed by atoms with E-state index in [4.69, 9.17) is 4.74 Å². The van der Waals surface area contributed by atoms with Gasteiger partial charge in [0, 0.05) is 12.6 Å². The van der Waals surface area contributed by atoms with Gasteiger partial charge in [-0.1, -0.05) is 31.9 Å². The maximum atomic E-state index is 12.5. The first-order chi connectivity index (χ1) is 11.6. The van der Waals surface area contributed by atoms with Crippen molar-refractivity contribution in [3.63, 3.8) is 0 Å². The summed E-state index contributed by atoms with van der Waals surface area (Å²) < 4.78 is 5.25. The number of carbonyl (C=O) groups is 1. The number of hydrogen-bond acceptors (Lipinski definition) is 5. The second-order valence-corrected chi connectivity index (χ2v) is 5.47. The molecule has 0 aliphatic heterocycles. The number of amides is 1. The van der Waals surface area contributed by atoms with Gasteiger partial charge >= 0.3 is 0 Å². The SMILES string of the molecule is CCCCCNc1cc(C(=O)Nc2ccccc2OC)nc(C)n1. The van der Waals surface area contributed by atoms with Crippen LogP contribution in [0.25, 0.3) is 0 Å². The summed E-state index contributed by atoms with van der Waals surface area (Å²) in [5, 5.41) is 6.07. The average molecular weight is 328 g/mol. The van der Waals surface area contributed by atoms with Gasteiger partial charge in [0.25, 0.3) is 5.91 Å². The molecule has 2 N–H and O–H groups in total. The molecule has 0 bridgehead atoms. The highest BCUT2D eigenvalue weighted by atomic mass is 16.5. The van der Waals surface area contributed by atoms with Crippen molar-refractivity contribution in [1.82, 2.24) is 9.97 Å². The molecule has 0 fully saturated rings. The Labute approximate surface area is 142 Å². The highest BCUT2D eigenvalue weighted by Gasteiger charge is 2.13. The highest BCUT2D eigenvalue weighted by molar-refractivity contribution is 6.04. The second kappa shape index (κ2) is 8.86. The number of nitrogens with zero attached hydrogens (tertiary/aromatic N) is 2. The molecular formula is C18H24N4O2. The van der Waals surface area contributed by atoms with Crippen molar-refractivity contribution in [3.05, 3.63) is 41.9 Å². The van der Waals surface area contributed by atoms with E-state index in [1.165, 1.54) is 0 Å². The van der Waals surface area contributed by atoms with Crippen LogP contribution in [0.5, 0.6) is 5.75 Å². The van der Waals surface area contributed by atoms with Crippen LogP contribution in [0.4, 0.5) is 11.5 Å². The molecule has 1 amide bonds. The zero-order chi connectivity index (χ0) is 17.4. The van der Waals surface area contributed by atoms with Gasteiger partial charge in [0.1, 0.15) is 23.1 Å². The molecule has 0 spiro atoms. The second-order valence-electron chi connectivity index (χ2n) is 5.47. The van der Waals surface area contributed by atoms with Crippen LogP contribution in [0.2, 0.25) is 0 Å². The van der Waals surface area contributed by atoms with E-state index in [9.17, 15) is 4.79 Å². The number of hydrogen-bond donors (Lipinski definition) is 2. The number of aryl methyl sites for hydroxylation is 1. The Kier molecular flexibility index (Phi) is 6.54. The molecule has 6 heteroatoms. The van der Waals surface area contributed by atoms with E-state index >= 15 is 0 Å². The maximum absolute atomic E-state index is 12.5. The fraction of sp³-hybridized carbons (Fsp3) is 0.389. The predicted octanol–water partition coefficient (Wildman–Crippen LogP) is 3.65. The quantitative estimate of drug-likeness (QED) is 0.723. The van der Waals surface area contributed by atoms with Crippen LogP contribution in [0.15, 0.2) is 30.3 Å². The normalized spacial score (nSPS) is 10.3. The van der Waals surface area contributed by atoms with E-state index in [1.54, 1.807) is 32.2 Å². The fourth-order valence-corrected chi connectivity index (χ4v) is 2.30.